The van der Waals surface area contributed by atoms with Gasteiger partial charge >= 0.3 is 0 Å². The Labute approximate surface area is 156 Å². The Hall–Kier alpha value is 0.394. The summed E-state index contributed by atoms with van der Waals surface area (Å²) in [5, 5.41) is 0. The number of rotatable bonds is 16. The molecule has 0 bridgehead atoms. The minimum Gasteiger partial charge on any atom is -0.415 e. The van der Waals surface area contributed by atoms with E-state index in [-0.39, 0.29) is 0 Å². The van der Waals surface area contributed by atoms with Gasteiger partial charge in [-0.2, -0.15) is 0 Å². The van der Waals surface area contributed by atoms with E-state index >= 15 is 0 Å². The Morgan fingerprint density at radius 2 is 1.12 bits per heavy atom. The van der Waals surface area contributed by atoms with Crippen molar-refractivity contribution in [2.75, 3.05) is 0 Å². The SMILES string of the molecule is CCCCCCCCCCCCC(CC)O[Si](C)(C)C[Si](C)(C)C. The molecule has 0 N–H and O–H groups in total. The summed E-state index contributed by atoms with van der Waals surface area (Å²) in [6.45, 7) is 16.9. The van der Waals surface area contributed by atoms with E-state index < -0.39 is 16.4 Å². The molecule has 1 unspecified atom stereocenters. The van der Waals surface area contributed by atoms with Crippen LogP contribution in [0.1, 0.15) is 90.9 Å². The number of unbranched alkanes of at least 4 members (excludes halogenated alkanes) is 9. The highest BCUT2D eigenvalue weighted by atomic mass is 28.4. The van der Waals surface area contributed by atoms with Crippen LogP contribution in [-0.4, -0.2) is 22.5 Å². The molecule has 0 saturated carbocycles. The third kappa shape index (κ3) is 15.9. The summed E-state index contributed by atoms with van der Waals surface area (Å²) in [6.07, 6.45) is 17.3. The van der Waals surface area contributed by atoms with Gasteiger partial charge in [-0.05, 0) is 31.6 Å². The van der Waals surface area contributed by atoms with Crippen molar-refractivity contribution in [1.29, 1.82) is 0 Å². The Morgan fingerprint density at radius 3 is 1.54 bits per heavy atom. The first-order valence-electron chi connectivity index (χ1n) is 10.9. The zero-order chi connectivity index (χ0) is 18.5. The molecule has 0 fully saturated rings. The molecule has 0 aliphatic carbocycles. The summed E-state index contributed by atoms with van der Waals surface area (Å²) < 4.78 is 6.62. The normalized spacial score (nSPS) is 14.1. The predicted octanol–water partition coefficient (Wildman–Crippen LogP) is 8.18. The molecule has 0 radical (unpaired) electrons. The highest BCUT2D eigenvalue weighted by Crippen LogP contribution is 2.24. The third-order valence-electron chi connectivity index (χ3n) is 4.78. The quantitative estimate of drug-likeness (QED) is 0.196. The molecule has 0 aliphatic heterocycles. The van der Waals surface area contributed by atoms with Crippen molar-refractivity contribution in [1.82, 2.24) is 0 Å². The van der Waals surface area contributed by atoms with Crippen LogP contribution in [0.25, 0.3) is 0 Å². The van der Waals surface area contributed by atoms with Crippen molar-refractivity contribution in [3.8, 4) is 0 Å². The van der Waals surface area contributed by atoms with Crippen molar-refractivity contribution in [2.24, 2.45) is 0 Å². The van der Waals surface area contributed by atoms with Gasteiger partial charge in [-0.3, -0.25) is 0 Å². The van der Waals surface area contributed by atoms with E-state index in [4.69, 9.17) is 4.43 Å². The van der Waals surface area contributed by atoms with Crippen molar-refractivity contribution in [3.63, 3.8) is 0 Å². The standard InChI is InChI=1S/C21H48OSi2/c1-8-10-11-12-13-14-15-16-17-18-19-21(9-2)22-24(6,7)20-23(3,4)5/h21H,8-20H2,1-7H3. The van der Waals surface area contributed by atoms with Gasteiger partial charge in [0.15, 0.2) is 8.32 Å². The molecule has 0 heterocycles. The molecule has 0 aromatic heterocycles. The monoisotopic (exact) mass is 372 g/mol. The summed E-state index contributed by atoms with van der Waals surface area (Å²) in [5.74, 6) is 0. The summed E-state index contributed by atoms with van der Waals surface area (Å²) in [6, 6.07) is 0. The zero-order valence-electron chi connectivity index (χ0n) is 18.2. The Balaban J connectivity index is 3.72. The van der Waals surface area contributed by atoms with Gasteiger partial charge in [0.25, 0.3) is 0 Å². The van der Waals surface area contributed by atoms with Crippen LogP contribution in [0.15, 0.2) is 0 Å². The van der Waals surface area contributed by atoms with Gasteiger partial charge in [-0.15, -0.1) is 0 Å². The van der Waals surface area contributed by atoms with Crippen molar-refractivity contribution < 1.29 is 4.43 Å². The van der Waals surface area contributed by atoms with Crippen molar-refractivity contribution in [3.05, 3.63) is 0 Å². The van der Waals surface area contributed by atoms with Crippen LogP contribution in [0.2, 0.25) is 38.4 Å². The highest BCUT2D eigenvalue weighted by molar-refractivity contribution is 6.92. The van der Waals surface area contributed by atoms with Gasteiger partial charge in [-0.1, -0.05) is 97.7 Å². The Morgan fingerprint density at radius 1 is 0.667 bits per heavy atom. The van der Waals surface area contributed by atoms with E-state index in [0.29, 0.717) is 6.10 Å². The van der Waals surface area contributed by atoms with Gasteiger partial charge < -0.3 is 4.43 Å². The lowest BCUT2D eigenvalue weighted by Crippen LogP contribution is -2.42. The van der Waals surface area contributed by atoms with Crippen molar-refractivity contribution >= 4 is 16.4 Å². The lowest BCUT2D eigenvalue weighted by Gasteiger charge is -2.33. The molecule has 1 atom stereocenters. The minimum atomic E-state index is -1.46. The van der Waals surface area contributed by atoms with E-state index in [0.717, 1.165) is 0 Å². The van der Waals surface area contributed by atoms with Crippen LogP contribution in [-0.2, 0) is 4.43 Å². The predicted molar refractivity (Wildman–Crippen MR) is 117 cm³/mol. The molecule has 24 heavy (non-hydrogen) atoms. The first-order valence-corrected chi connectivity index (χ1v) is 17.7. The largest absolute Gasteiger partial charge is 0.415 e. The maximum Gasteiger partial charge on any atom is 0.184 e. The summed E-state index contributed by atoms with van der Waals surface area (Å²) in [5.41, 5.74) is 1.40. The Kier molecular flexibility index (Phi) is 13.8. The van der Waals surface area contributed by atoms with E-state index in [1.165, 1.54) is 82.7 Å². The van der Waals surface area contributed by atoms with Gasteiger partial charge in [0.1, 0.15) is 0 Å². The fourth-order valence-corrected chi connectivity index (χ4v) is 15.7. The second kappa shape index (κ2) is 13.6. The lowest BCUT2D eigenvalue weighted by atomic mass is 10.0. The summed E-state index contributed by atoms with van der Waals surface area (Å²) >= 11 is 0. The van der Waals surface area contributed by atoms with Crippen LogP contribution in [0.4, 0.5) is 0 Å². The molecule has 0 aliphatic rings. The van der Waals surface area contributed by atoms with Gasteiger partial charge in [-0.25, -0.2) is 0 Å². The van der Waals surface area contributed by atoms with Crippen LogP contribution in [0.3, 0.4) is 0 Å². The summed E-state index contributed by atoms with van der Waals surface area (Å²) in [4.78, 5) is 0. The molecule has 0 amide bonds. The van der Waals surface area contributed by atoms with E-state index in [1.807, 2.05) is 0 Å². The van der Waals surface area contributed by atoms with Gasteiger partial charge in [0.05, 0.1) is 0 Å². The average Bonchev–Trinajstić information content (AvgIpc) is 2.45. The van der Waals surface area contributed by atoms with Gasteiger partial charge in [0, 0.05) is 14.2 Å². The fraction of sp³-hybridized carbons (Fsp3) is 1.00. The number of hydrogen-bond donors (Lipinski definition) is 0. The van der Waals surface area contributed by atoms with Crippen LogP contribution in [0.5, 0.6) is 0 Å². The third-order valence-corrected chi connectivity index (χ3v) is 13.4. The molecule has 0 spiro atoms. The molecular formula is C21H48OSi2. The summed E-state index contributed by atoms with van der Waals surface area (Å²) in [7, 11) is -2.46. The maximum absolute atomic E-state index is 6.62. The molecule has 146 valence electrons. The minimum absolute atomic E-state index is 0.525. The number of hydrogen-bond acceptors (Lipinski definition) is 1. The van der Waals surface area contributed by atoms with E-state index in [9.17, 15) is 0 Å². The molecule has 0 saturated heterocycles. The van der Waals surface area contributed by atoms with Crippen molar-refractivity contribution in [2.45, 2.75) is 135 Å². The molecular weight excluding hydrogens is 324 g/mol. The van der Waals surface area contributed by atoms with E-state index in [2.05, 4.69) is 46.6 Å². The molecule has 3 heteroatoms. The fourth-order valence-electron chi connectivity index (χ4n) is 3.98. The van der Waals surface area contributed by atoms with Crippen LogP contribution < -0.4 is 0 Å². The van der Waals surface area contributed by atoms with Crippen LogP contribution in [0, 0.1) is 0 Å². The molecule has 1 nitrogen and oxygen atoms in total. The first-order chi connectivity index (χ1) is 11.2. The molecule has 0 aromatic rings. The first kappa shape index (κ1) is 24.4. The smallest absolute Gasteiger partial charge is 0.184 e. The maximum atomic E-state index is 6.62. The zero-order valence-corrected chi connectivity index (χ0v) is 20.2. The second-order valence-electron chi connectivity index (χ2n) is 9.62. The van der Waals surface area contributed by atoms with Crippen LogP contribution >= 0.6 is 0 Å². The Bertz CT molecular complexity index is 284. The topological polar surface area (TPSA) is 9.23 Å². The average molecular weight is 373 g/mol. The lowest BCUT2D eigenvalue weighted by molar-refractivity contribution is 0.174. The second-order valence-corrected chi connectivity index (χ2v) is 19.9. The van der Waals surface area contributed by atoms with E-state index in [1.54, 1.807) is 0 Å². The molecule has 0 rings (SSSR count). The van der Waals surface area contributed by atoms with Gasteiger partial charge in [0.2, 0.25) is 0 Å². The molecule has 0 aromatic carbocycles. The highest BCUT2D eigenvalue weighted by Gasteiger charge is 2.32.